The molecule has 2 N–H and O–H groups in total. The zero-order valence-corrected chi connectivity index (χ0v) is 16.1. The second-order valence-electron chi connectivity index (χ2n) is 5.65. The summed E-state index contributed by atoms with van der Waals surface area (Å²) in [4.78, 5) is 12.0. The smallest absolute Gasteiger partial charge is 0.271 e. The van der Waals surface area contributed by atoms with Crippen molar-refractivity contribution in [2.45, 2.75) is 11.4 Å². The molecular weight excluding hydrogens is 402 g/mol. The maximum absolute atomic E-state index is 12.2. The molecule has 144 valence electrons. The standard InChI is InChI=1S/C19H16ClN3O4S/c20-15-6-10-18(11-7-15)28(25,26)22-13-17-9-8-16(27-17)12-21-23-19(24)14-4-2-1-3-5-14/h1-12,22H,13H2,(H,23,24)/b21-12-. The van der Waals surface area contributed by atoms with Crippen molar-refractivity contribution in [3.63, 3.8) is 0 Å². The minimum Gasteiger partial charge on any atom is -0.459 e. The quantitative estimate of drug-likeness (QED) is 0.455. The summed E-state index contributed by atoms with van der Waals surface area (Å²) in [7, 11) is -3.68. The van der Waals surface area contributed by atoms with E-state index in [1.807, 2.05) is 6.07 Å². The Morgan fingerprint density at radius 2 is 1.75 bits per heavy atom. The van der Waals surface area contributed by atoms with Gasteiger partial charge in [0.2, 0.25) is 10.0 Å². The molecule has 0 fully saturated rings. The van der Waals surface area contributed by atoms with Gasteiger partial charge in [-0.3, -0.25) is 4.79 Å². The fourth-order valence-electron chi connectivity index (χ4n) is 2.23. The monoisotopic (exact) mass is 417 g/mol. The van der Waals surface area contributed by atoms with E-state index in [0.717, 1.165) is 0 Å². The van der Waals surface area contributed by atoms with Crippen LogP contribution in [0.3, 0.4) is 0 Å². The molecule has 1 amide bonds. The van der Waals surface area contributed by atoms with E-state index < -0.39 is 10.0 Å². The van der Waals surface area contributed by atoms with Gasteiger partial charge >= 0.3 is 0 Å². The fourth-order valence-corrected chi connectivity index (χ4v) is 3.35. The molecule has 0 radical (unpaired) electrons. The van der Waals surface area contributed by atoms with Crippen molar-refractivity contribution in [2.24, 2.45) is 5.10 Å². The van der Waals surface area contributed by atoms with Gasteiger partial charge in [-0.1, -0.05) is 29.8 Å². The number of hydrazone groups is 1. The van der Waals surface area contributed by atoms with Crippen molar-refractivity contribution >= 4 is 33.7 Å². The lowest BCUT2D eigenvalue weighted by molar-refractivity contribution is 0.0955. The van der Waals surface area contributed by atoms with E-state index in [-0.39, 0.29) is 17.3 Å². The first-order chi connectivity index (χ1) is 13.4. The van der Waals surface area contributed by atoms with Crippen LogP contribution in [0.1, 0.15) is 21.9 Å². The molecule has 3 rings (SSSR count). The molecule has 2 aromatic carbocycles. The van der Waals surface area contributed by atoms with Gasteiger partial charge in [-0.2, -0.15) is 5.10 Å². The molecule has 28 heavy (non-hydrogen) atoms. The summed E-state index contributed by atoms with van der Waals surface area (Å²) in [5.41, 5.74) is 2.87. The van der Waals surface area contributed by atoms with Crippen molar-refractivity contribution in [1.82, 2.24) is 10.1 Å². The van der Waals surface area contributed by atoms with Crippen LogP contribution >= 0.6 is 11.6 Å². The predicted molar refractivity (Wildman–Crippen MR) is 106 cm³/mol. The molecule has 1 aromatic heterocycles. The number of benzene rings is 2. The van der Waals surface area contributed by atoms with Gasteiger partial charge in [-0.25, -0.2) is 18.6 Å². The lowest BCUT2D eigenvalue weighted by atomic mass is 10.2. The van der Waals surface area contributed by atoms with Gasteiger partial charge in [0.05, 0.1) is 17.7 Å². The number of furan rings is 1. The van der Waals surface area contributed by atoms with Crippen molar-refractivity contribution in [3.8, 4) is 0 Å². The van der Waals surface area contributed by atoms with Crippen molar-refractivity contribution in [2.75, 3.05) is 0 Å². The van der Waals surface area contributed by atoms with Crippen LogP contribution in [0.15, 0.2) is 81.1 Å². The number of rotatable bonds is 7. The van der Waals surface area contributed by atoms with E-state index >= 15 is 0 Å². The number of hydrogen-bond acceptors (Lipinski definition) is 5. The summed E-state index contributed by atoms with van der Waals surface area (Å²) in [6, 6.07) is 17.7. The third kappa shape index (κ3) is 5.29. The first-order valence-electron chi connectivity index (χ1n) is 8.16. The molecule has 0 unspecified atom stereocenters. The number of carbonyl (C=O) groups excluding carboxylic acids is 1. The molecule has 0 spiro atoms. The Labute approximate surface area is 167 Å². The number of nitrogens with one attached hydrogen (secondary N) is 2. The Balaban J connectivity index is 1.55. The molecule has 9 heteroatoms. The normalized spacial score (nSPS) is 11.6. The molecule has 0 aliphatic rings. The highest BCUT2D eigenvalue weighted by atomic mass is 35.5. The minimum atomic E-state index is -3.68. The van der Waals surface area contributed by atoms with E-state index in [4.69, 9.17) is 16.0 Å². The second kappa shape index (κ2) is 8.83. The number of sulfonamides is 1. The van der Waals surface area contributed by atoms with E-state index in [1.54, 1.807) is 36.4 Å². The summed E-state index contributed by atoms with van der Waals surface area (Å²) in [6.07, 6.45) is 1.33. The average molecular weight is 418 g/mol. The molecule has 0 aliphatic heterocycles. The average Bonchev–Trinajstić information content (AvgIpc) is 3.15. The highest BCUT2D eigenvalue weighted by molar-refractivity contribution is 7.89. The predicted octanol–water partition coefficient (Wildman–Crippen LogP) is 3.18. The molecular formula is C19H16ClN3O4S. The fraction of sp³-hybridized carbons (Fsp3) is 0.0526. The molecule has 1 heterocycles. The van der Waals surface area contributed by atoms with Crippen LogP contribution in [-0.4, -0.2) is 20.5 Å². The highest BCUT2D eigenvalue weighted by Crippen LogP contribution is 2.14. The number of carbonyl (C=O) groups is 1. The van der Waals surface area contributed by atoms with Crippen LogP contribution in [0, 0.1) is 0 Å². The maximum atomic E-state index is 12.2. The Morgan fingerprint density at radius 3 is 2.46 bits per heavy atom. The van der Waals surface area contributed by atoms with Crippen molar-refractivity contribution in [1.29, 1.82) is 0 Å². The summed E-state index contributed by atoms with van der Waals surface area (Å²) in [5.74, 6) is 0.418. The van der Waals surface area contributed by atoms with Crippen LogP contribution in [0.4, 0.5) is 0 Å². The number of nitrogens with zero attached hydrogens (tertiary/aromatic N) is 1. The van der Waals surface area contributed by atoms with Crippen LogP contribution in [0.25, 0.3) is 0 Å². The lowest BCUT2D eigenvalue weighted by Gasteiger charge is -2.05. The van der Waals surface area contributed by atoms with Crippen LogP contribution < -0.4 is 10.1 Å². The van der Waals surface area contributed by atoms with Crippen molar-refractivity contribution < 1.29 is 17.6 Å². The van der Waals surface area contributed by atoms with E-state index in [1.165, 1.54) is 30.5 Å². The van der Waals surface area contributed by atoms with E-state index in [9.17, 15) is 13.2 Å². The number of amides is 1. The van der Waals surface area contributed by atoms with Gasteiger partial charge in [0.15, 0.2) is 0 Å². The van der Waals surface area contributed by atoms with Gasteiger partial charge in [-0.15, -0.1) is 0 Å². The zero-order chi connectivity index (χ0) is 20.0. The van der Waals surface area contributed by atoms with Gasteiger partial charge in [0.1, 0.15) is 11.5 Å². The van der Waals surface area contributed by atoms with E-state index in [0.29, 0.717) is 22.1 Å². The Morgan fingerprint density at radius 1 is 1.04 bits per heavy atom. The van der Waals surface area contributed by atoms with Gasteiger partial charge < -0.3 is 4.42 Å². The van der Waals surface area contributed by atoms with Crippen LogP contribution in [0.2, 0.25) is 5.02 Å². The molecule has 0 aliphatic carbocycles. The first kappa shape index (κ1) is 19.8. The molecule has 0 saturated carbocycles. The third-order valence-corrected chi connectivity index (χ3v) is 5.31. The van der Waals surface area contributed by atoms with Crippen molar-refractivity contribution in [3.05, 3.63) is 88.8 Å². The van der Waals surface area contributed by atoms with Crippen LogP contribution in [-0.2, 0) is 16.6 Å². The topological polar surface area (TPSA) is 101 Å². The third-order valence-electron chi connectivity index (χ3n) is 3.64. The molecule has 0 saturated heterocycles. The maximum Gasteiger partial charge on any atom is 0.271 e. The minimum absolute atomic E-state index is 0.0326. The zero-order valence-electron chi connectivity index (χ0n) is 14.5. The Kier molecular flexibility index (Phi) is 6.25. The van der Waals surface area contributed by atoms with Crippen LogP contribution in [0.5, 0.6) is 0 Å². The molecule has 3 aromatic rings. The highest BCUT2D eigenvalue weighted by Gasteiger charge is 2.14. The first-order valence-corrected chi connectivity index (χ1v) is 10.0. The molecule has 0 atom stereocenters. The molecule has 0 bridgehead atoms. The van der Waals surface area contributed by atoms with Gasteiger partial charge in [-0.05, 0) is 48.5 Å². The Hall–Kier alpha value is -2.94. The van der Waals surface area contributed by atoms with E-state index in [2.05, 4.69) is 15.2 Å². The summed E-state index contributed by atoms with van der Waals surface area (Å²) >= 11 is 5.76. The summed E-state index contributed by atoms with van der Waals surface area (Å²) in [5, 5.41) is 4.28. The summed E-state index contributed by atoms with van der Waals surface area (Å²) in [6.45, 7) is -0.0326. The SMILES string of the molecule is O=C(N/N=C\c1ccc(CNS(=O)(=O)c2ccc(Cl)cc2)o1)c1ccccc1. The van der Waals surface area contributed by atoms with Gasteiger partial charge in [0, 0.05) is 10.6 Å². The van der Waals surface area contributed by atoms with Gasteiger partial charge in [0.25, 0.3) is 5.91 Å². The molecule has 7 nitrogen and oxygen atoms in total. The largest absolute Gasteiger partial charge is 0.459 e. The second-order valence-corrected chi connectivity index (χ2v) is 7.85. The Bertz CT molecular complexity index is 1080. The number of halogens is 1. The summed E-state index contributed by atoms with van der Waals surface area (Å²) < 4.78 is 32.4. The number of hydrogen-bond donors (Lipinski definition) is 2. The lowest BCUT2D eigenvalue weighted by Crippen LogP contribution is -2.22.